The molecule has 1 atom stereocenters. The van der Waals surface area contributed by atoms with Crippen molar-refractivity contribution in [2.75, 3.05) is 24.5 Å². The summed E-state index contributed by atoms with van der Waals surface area (Å²) in [6.07, 6.45) is 6.45. The molecule has 3 amide bonds. The SMILES string of the molecule is O=C(NCc1cccnc1)N1CCC2(CC(=O)N(c3ccccn3)C2)C1. The summed E-state index contributed by atoms with van der Waals surface area (Å²) < 4.78 is 0. The van der Waals surface area contributed by atoms with Crippen molar-refractivity contribution in [1.29, 1.82) is 0 Å². The number of anilines is 1. The van der Waals surface area contributed by atoms with Gasteiger partial charge in [-0.15, -0.1) is 0 Å². The number of hydrogen-bond acceptors (Lipinski definition) is 4. The molecular weight excluding hydrogens is 330 g/mol. The molecular formula is C19H21N5O2. The van der Waals surface area contributed by atoms with E-state index in [0.29, 0.717) is 38.4 Å². The summed E-state index contributed by atoms with van der Waals surface area (Å²) in [5.74, 6) is 0.773. The Kier molecular flexibility index (Phi) is 4.28. The number of carbonyl (C=O) groups excluding carboxylic acids is 2. The van der Waals surface area contributed by atoms with Crippen LogP contribution in [0.2, 0.25) is 0 Å². The van der Waals surface area contributed by atoms with Crippen molar-refractivity contribution in [3.05, 3.63) is 54.5 Å². The zero-order chi connectivity index (χ0) is 18.0. The summed E-state index contributed by atoms with van der Waals surface area (Å²) >= 11 is 0. The number of rotatable bonds is 3. The van der Waals surface area contributed by atoms with Gasteiger partial charge in [0.1, 0.15) is 5.82 Å². The predicted octanol–water partition coefficient (Wildman–Crippen LogP) is 1.82. The van der Waals surface area contributed by atoms with Crippen LogP contribution in [0.1, 0.15) is 18.4 Å². The summed E-state index contributed by atoms with van der Waals surface area (Å²) in [6.45, 7) is 2.34. The van der Waals surface area contributed by atoms with Crippen molar-refractivity contribution in [3.8, 4) is 0 Å². The molecule has 4 heterocycles. The lowest BCUT2D eigenvalue weighted by atomic mass is 9.86. The largest absolute Gasteiger partial charge is 0.334 e. The van der Waals surface area contributed by atoms with Crippen molar-refractivity contribution in [3.63, 3.8) is 0 Å². The Morgan fingerprint density at radius 2 is 2.12 bits per heavy atom. The van der Waals surface area contributed by atoms with Crippen LogP contribution in [0, 0.1) is 5.41 Å². The predicted molar refractivity (Wildman–Crippen MR) is 96.3 cm³/mol. The van der Waals surface area contributed by atoms with E-state index in [9.17, 15) is 9.59 Å². The molecule has 2 aromatic rings. The fourth-order valence-electron chi connectivity index (χ4n) is 3.79. The quantitative estimate of drug-likeness (QED) is 0.915. The van der Waals surface area contributed by atoms with Crippen LogP contribution < -0.4 is 10.2 Å². The third kappa shape index (κ3) is 3.24. The average Bonchev–Trinajstić information content (AvgIpc) is 3.24. The normalized spacial score (nSPS) is 22.2. The van der Waals surface area contributed by atoms with Crippen molar-refractivity contribution in [1.82, 2.24) is 20.2 Å². The van der Waals surface area contributed by atoms with Crippen LogP contribution in [-0.2, 0) is 11.3 Å². The number of amides is 3. The van der Waals surface area contributed by atoms with Crippen LogP contribution >= 0.6 is 0 Å². The summed E-state index contributed by atoms with van der Waals surface area (Å²) in [6, 6.07) is 9.26. The molecule has 1 N–H and O–H groups in total. The summed E-state index contributed by atoms with van der Waals surface area (Å²) in [5.41, 5.74) is 0.799. The highest BCUT2D eigenvalue weighted by Crippen LogP contribution is 2.41. The van der Waals surface area contributed by atoms with Crippen molar-refractivity contribution in [2.45, 2.75) is 19.4 Å². The van der Waals surface area contributed by atoms with Gasteiger partial charge in [-0.2, -0.15) is 0 Å². The highest BCUT2D eigenvalue weighted by molar-refractivity contribution is 5.95. The van der Waals surface area contributed by atoms with Gasteiger partial charge in [-0.25, -0.2) is 9.78 Å². The number of urea groups is 1. The molecule has 2 aliphatic rings. The third-order valence-electron chi connectivity index (χ3n) is 5.14. The van der Waals surface area contributed by atoms with E-state index in [2.05, 4.69) is 15.3 Å². The molecule has 2 aliphatic heterocycles. The van der Waals surface area contributed by atoms with E-state index in [4.69, 9.17) is 0 Å². The smallest absolute Gasteiger partial charge is 0.317 e. The highest BCUT2D eigenvalue weighted by atomic mass is 16.2. The van der Waals surface area contributed by atoms with Gasteiger partial charge < -0.3 is 10.2 Å². The summed E-state index contributed by atoms with van der Waals surface area (Å²) in [5, 5.41) is 2.94. The second-order valence-corrected chi connectivity index (χ2v) is 7.04. The van der Waals surface area contributed by atoms with Crippen LogP contribution in [0.5, 0.6) is 0 Å². The lowest BCUT2D eigenvalue weighted by Gasteiger charge is -2.24. The molecule has 7 nitrogen and oxygen atoms in total. The number of hydrogen-bond donors (Lipinski definition) is 1. The van der Waals surface area contributed by atoms with Gasteiger partial charge in [0.15, 0.2) is 0 Å². The summed E-state index contributed by atoms with van der Waals surface area (Å²) in [7, 11) is 0. The number of pyridine rings is 2. The molecule has 0 aromatic carbocycles. The Labute approximate surface area is 152 Å². The molecule has 0 aliphatic carbocycles. The molecule has 26 heavy (non-hydrogen) atoms. The van der Waals surface area contributed by atoms with Crippen LogP contribution in [0.4, 0.5) is 10.6 Å². The third-order valence-corrected chi connectivity index (χ3v) is 5.14. The maximum absolute atomic E-state index is 12.5. The van der Waals surface area contributed by atoms with Crippen LogP contribution in [-0.4, -0.2) is 46.4 Å². The van der Waals surface area contributed by atoms with Gasteiger partial charge in [0, 0.05) is 56.6 Å². The van der Waals surface area contributed by atoms with Gasteiger partial charge in [0.25, 0.3) is 0 Å². The number of nitrogens with zero attached hydrogens (tertiary/aromatic N) is 4. The first kappa shape index (κ1) is 16.5. The van der Waals surface area contributed by atoms with Gasteiger partial charge in [-0.3, -0.25) is 14.7 Å². The molecule has 2 aromatic heterocycles. The first-order valence-corrected chi connectivity index (χ1v) is 8.78. The Balaban J connectivity index is 1.37. The molecule has 0 bridgehead atoms. The average molecular weight is 351 g/mol. The zero-order valence-corrected chi connectivity index (χ0v) is 14.5. The summed E-state index contributed by atoms with van der Waals surface area (Å²) in [4.78, 5) is 36.9. The minimum Gasteiger partial charge on any atom is -0.334 e. The zero-order valence-electron chi connectivity index (χ0n) is 14.5. The van der Waals surface area contributed by atoms with Gasteiger partial charge in [0.2, 0.25) is 5.91 Å². The lowest BCUT2D eigenvalue weighted by Crippen LogP contribution is -2.40. The molecule has 1 spiro atoms. The fraction of sp³-hybridized carbons (Fsp3) is 0.368. The van der Waals surface area contributed by atoms with Crippen molar-refractivity contribution in [2.24, 2.45) is 5.41 Å². The molecule has 0 radical (unpaired) electrons. The Bertz CT molecular complexity index is 798. The Morgan fingerprint density at radius 1 is 1.19 bits per heavy atom. The van der Waals surface area contributed by atoms with Crippen molar-refractivity contribution >= 4 is 17.8 Å². The number of likely N-dealkylation sites (tertiary alicyclic amines) is 1. The number of aromatic nitrogens is 2. The van der Waals surface area contributed by atoms with E-state index >= 15 is 0 Å². The van der Waals surface area contributed by atoms with Crippen LogP contribution in [0.3, 0.4) is 0 Å². The molecule has 4 rings (SSSR count). The van der Waals surface area contributed by atoms with E-state index < -0.39 is 0 Å². The number of nitrogens with one attached hydrogen (secondary N) is 1. The maximum atomic E-state index is 12.5. The first-order chi connectivity index (χ1) is 12.7. The first-order valence-electron chi connectivity index (χ1n) is 8.78. The minimum absolute atomic E-state index is 0.0846. The Morgan fingerprint density at radius 3 is 2.88 bits per heavy atom. The van der Waals surface area contributed by atoms with Crippen LogP contribution in [0.15, 0.2) is 48.9 Å². The van der Waals surface area contributed by atoms with E-state index in [0.717, 1.165) is 12.0 Å². The molecule has 2 fully saturated rings. The topological polar surface area (TPSA) is 78.4 Å². The molecule has 1 unspecified atom stereocenters. The monoisotopic (exact) mass is 351 g/mol. The van der Waals surface area contributed by atoms with Gasteiger partial charge >= 0.3 is 6.03 Å². The van der Waals surface area contributed by atoms with E-state index in [1.165, 1.54) is 0 Å². The van der Waals surface area contributed by atoms with Gasteiger partial charge in [-0.05, 0) is 30.2 Å². The fourth-order valence-corrected chi connectivity index (χ4v) is 3.79. The van der Waals surface area contributed by atoms with E-state index in [1.807, 2.05) is 35.2 Å². The lowest BCUT2D eigenvalue weighted by molar-refractivity contribution is -0.117. The molecule has 2 saturated heterocycles. The molecule has 134 valence electrons. The maximum Gasteiger partial charge on any atom is 0.317 e. The second kappa shape index (κ2) is 6.74. The van der Waals surface area contributed by atoms with Gasteiger partial charge in [0.05, 0.1) is 0 Å². The van der Waals surface area contributed by atoms with Crippen LogP contribution in [0.25, 0.3) is 0 Å². The van der Waals surface area contributed by atoms with E-state index in [-0.39, 0.29) is 17.4 Å². The minimum atomic E-state index is -0.166. The Hall–Kier alpha value is -2.96. The molecule has 7 heteroatoms. The highest BCUT2D eigenvalue weighted by Gasteiger charge is 2.49. The number of carbonyl (C=O) groups is 2. The molecule has 0 saturated carbocycles. The standard InChI is InChI=1S/C19H21N5O2/c25-17-10-19(14-24(17)16-5-1-2-8-21-16)6-9-23(13-19)18(26)22-12-15-4-3-7-20-11-15/h1-5,7-8,11H,6,9-10,12-14H2,(H,22,26). The second-order valence-electron chi connectivity index (χ2n) is 7.04. The van der Waals surface area contributed by atoms with E-state index in [1.54, 1.807) is 23.5 Å². The van der Waals surface area contributed by atoms with Gasteiger partial charge in [-0.1, -0.05) is 12.1 Å². The van der Waals surface area contributed by atoms with Crippen molar-refractivity contribution < 1.29 is 9.59 Å².